The zero-order valence-electron chi connectivity index (χ0n) is 14.7. The van der Waals surface area contributed by atoms with Crippen LogP contribution >= 0.6 is 0 Å². The molecule has 2 rings (SSSR count). The zero-order valence-corrected chi connectivity index (χ0v) is 14.7. The Balaban J connectivity index is 1.84. The average Bonchev–Trinajstić information content (AvgIpc) is 2.66. The van der Waals surface area contributed by atoms with Crippen LogP contribution in [0.5, 0.6) is 5.75 Å². The van der Waals surface area contributed by atoms with Crippen molar-refractivity contribution in [2.45, 2.75) is 20.3 Å². The SMILES string of the molecule is CCc1cccc(C)c1NC(=O)COC(=O)COc1ccccc1C#N. The molecule has 0 bridgehead atoms. The number of carbonyl (C=O) groups excluding carboxylic acids is 2. The standard InChI is InChI=1S/C20H20N2O4/c1-3-15-9-6-7-14(2)20(15)22-18(23)12-26-19(24)13-25-17-10-5-4-8-16(17)11-21/h4-10H,3,12-13H2,1-2H3,(H,22,23). The molecule has 0 spiro atoms. The van der Waals surface area contributed by atoms with E-state index in [4.69, 9.17) is 14.7 Å². The Hall–Kier alpha value is -3.33. The van der Waals surface area contributed by atoms with Gasteiger partial charge in [-0.1, -0.05) is 37.3 Å². The number of nitrogens with one attached hydrogen (secondary N) is 1. The molecule has 1 amide bonds. The quantitative estimate of drug-likeness (QED) is 0.774. The lowest BCUT2D eigenvalue weighted by Gasteiger charge is -2.13. The van der Waals surface area contributed by atoms with Gasteiger partial charge in [-0.2, -0.15) is 5.26 Å². The zero-order chi connectivity index (χ0) is 18.9. The molecule has 0 aliphatic heterocycles. The summed E-state index contributed by atoms with van der Waals surface area (Å²) < 4.78 is 10.2. The highest BCUT2D eigenvalue weighted by atomic mass is 16.6. The summed E-state index contributed by atoms with van der Waals surface area (Å²) in [7, 11) is 0. The molecule has 0 aromatic heterocycles. The minimum atomic E-state index is -0.687. The number of hydrogen-bond acceptors (Lipinski definition) is 5. The van der Waals surface area contributed by atoms with Crippen molar-refractivity contribution in [3.05, 3.63) is 59.2 Å². The lowest BCUT2D eigenvalue weighted by molar-refractivity contribution is -0.149. The van der Waals surface area contributed by atoms with Gasteiger partial charge in [0.15, 0.2) is 13.2 Å². The minimum absolute atomic E-state index is 0.295. The number of esters is 1. The number of hydrogen-bond donors (Lipinski definition) is 1. The Morgan fingerprint density at radius 2 is 1.88 bits per heavy atom. The number of aryl methyl sites for hydroxylation is 2. The molecule has 0 saturated heterocycles. The number of amides is 1. The average molecular weight is 352 g/mol. The molecule has 134 valence electrons. The second-order valence-corrected chi connectivity index (χ2v) is 5.57. The molecule has 26 heavy (non-hydrogen) atoms. The van der Waals surface area contributed by atoms with Gasteiger partial charge in [0.05, 0.1) is 5.56 Å². The number of para-hydroxylation sites is 2. The van der Waals surface area contributed by atoms with Crippen molar-refractivity contribution in [2.24, 2.45) is 0 Å². The van der Waals surface area contributed by atoms with Crippen LogP contribution in [0.3, 0.4) is 0 Å². The lowest BCUT2D eigenvalue weighted by atomic mass is 10.1. The second-order valence-electron chi connectivity index (χ2n) is 5.57. The first-order valence-electron chi connectivity index (χ1n) is 8.21. The number of nitrogens with zero attached hydrogens (tertiary/aromatic N) is 1. The third-order valence-electron chi connectivity index (χ3n) is 3.72. The second kappa shape index (κ2) is 9.23. The van der Waals surface area contributed by atoms with Gasteiger partial charge < -0.3 is 14.8 Å². The van der Waals surface area contributed by atoms with E-state index in [-0.39, 0.29) is 6.61 Å². The molecule has 2 aromatic rings. The molecular weight excluding hydrogens is 332 g/mol. The van der Waals surface area contributed by atoms with Crippen LogP contribution in [0.25, 0.3) is 0 Å². The van der Waals surface area contributed by atoms with E-state index in [0.29, 0.717) is 11.3 Å². The van der Waals surface area contributed by atoms with E-state index < -0.39 is 18.5 Å². The first-order valence-corrected chi connectivity index (χ1v) is 8.21. The number of carbonyl (C=O) groups is 2. The van der Waals surface area contributed by atoms with E-state index in [1.165, 1.54) is 0 Å². The smallest absolute Gasteiger partial charge is 0.344 e. The van der Waals surface area contributed by atoms with Gasteiger partial charge in [-0.15, -0.1) is 0 Å². The Labute approximate surface area is 152 Å². The Morgan fingerprint density at radius 1 is 1.12 bits per heavy atom. The van der Waals surface area contributed by atoms with Crippen molar-refractivity contribution < 1.29 is 19.1 Å². The number of anilines is 1. The molecule has 0 heterocycles. The predicted octanol–water partition coefficient (Wildman–Crippen LogP) is 2.99. The number of nitriles is 1. The molecule has 0 radical (unpaired) electrons. The fraction of sp³-hybridized carbons (Fsp3) is 0.250. The van der Waals surface area contributed by atoms with Crippen LogP contribution in [0.1, 0.15) is 23.6 Å². The third-order valence-corrected chi connectivity index (χ3v) is 3.72. The van der Waals surface area contributed by atoms with Crippen LogP contribution in [-0.2, 0) is 20.7 Å². The summed E-state index contributed by atoms with van der Waals surface area (Å²) in [4.78, 5) is 23.8. The van der Waals surface area contributed by atoms with Crippen LogP contribution < -0.4 is 10.1 Å². The number of ether oxygens (including phenoxy) is 2. The molecule has 2 aromatic carbocycles. The minimum Gasteiger partial charge on any atom is -0.481 e. The van der Waals surface area contributed by atoms with Crippen LogP contribution in [0.2, 0.25) is 0 Å². The molecular formula is C20H20N2O4. The molecule has 0 atom stereocenters. The highest BCUT2D eigenvalue weighted by molar-refractivity contribution is 5.94. The third kappa shape index (κ3) is 5.08. The van der Waals surface area contributed by atoms with Gasteiger partial charge in [-0.25, -0.2) is 4.79 Å². The van der Waals surface area contributed by atoms with Crippen LogP contribution in [-0.4, -0.2) is 25.1 Å². The van der Waals surface area contributed by atoms with Crippen molar-refractivity contribution in [3.63, 3.8) is 0 Å². The molecule has 0 saturated carbocycles. The van der Waals surface area contributed by atoms with Gasteiger partial charge >= 0.3 is 5.97 Å². The van der Waals surface area contributed by atoms with E-state index in [1.807, 2.05) is 38.1 Å². The summed E-state index contributed by atoms with van der Waals surface area (Å²) >= 11 is 0. The molecule has 6 nitrogen and oxygen atoms in total. The van der Waals surface area contributed by atoms with Gasteiger partial charge in [-0.05, 0) is 36.6 Å². The Kier molecular flexibility index (Phi) is 6.75. The summed E-state index contributed by atoms with van der Waals surface area (Å²) in [6.45, 7) is 3.12. The monoisotopic (exact) mass is 352 g/mol. The molecule has 1 N–H and O–H groups in total. The normalized spacial score (nSPS) is 9.88. The lowest BCUT2D eigenvalue weighted by Crippen LogP contribution is -2.24. The topological polar surface area (TPSA) is 88.4 Å². The molecule has 0 aliphatic rings. The predicted molar refractivity (Wildman–Crippen MR) is 96.8 cm³/mol. The van der Waals surface area contributed by atoms with Gasteiger partial charge in [0, 0.05) is 5.69 Å². The molecule has 0 fully saturated rings. The van der Waals surface area contributed by atoms with Crippen molar-refractivity contribution in [3.8, 4) is 11.8 Å². The Morgan fingerprint density at radius 3 is 2.62 bits per heavy atom. The maximum absolute atomic E-state index is 12.0. The summed E-state index contributed by atoms with van der Waals surface area (Å²) in [6, 6.07) is 14.3. The number of benzene rings is 2. The highest BCUT2D eigenvalue weighted by Gasteiger charge is 2.12. The van der Waals surface area contributed by atoms with E-state index in [0.717, 1.165) is 23.2 Å². The van der Waals surface area contributed by atoms with Gasteiger partial charge in [0.1, 0.15) is 11.8 Å². The first kappa shape index (κ1) is 19.0. The fourth-order valence-corrected chi connectivity index (χ4v) is 2.39. The Bertz CT molecular complexity index is 840. The van der Waals surface area contributed by atoms with E-state index in [1.54, 1.807) is 24.3 Å². The number of rotatable bonds is 7. The van der Waals surface area contributed by atoms with E-state index >= 15 is 0 Å². The summed E-state index contributed by atoms with van der Waals surface area (Å²) in [6.07, 6.45) is 0.781. The molecule has 6 heteroatoms. The summed E-state index contributed by atoms with van der Waals surface area (Å²) in [5, 5.41) is 11.7. The van der Waals surface area contributed by atoms with E-state index in [2.05, 4.69) is 5.32 Å². The molecule has 0 aliphatic carbocycles. The van der Waals surface area contributed by atoms with Crippen LogP contribution in [0, 0.1) is 18.3 Å². The van der Waals surface area contributed by atoms with Gasteiger partial charge in [0.25, 0.3) is 5.91 Å². The molecule has 0 unspecified atom stereocenters. The summed E-state index contributed by atoms with van der Waals surface area (Å²) in [5.74, 6) is -0.808. The van der Waals surface area contributed by atoms with Crippen molar-refractivity contribution in [1.29, 1.82) is 5.26 Å². The van der Waals surface area contributed by atoms with Gasteiger partial charge in [-0.3, -0.25) is 4.79 Å². The highest BCUT2D eigenvalue weighted by Crippen LogP contribution is 2.21. The van der Waals surface area contributed by atoms with Gasteiger partial charge in [0.2, 0.25) is 0 Å². The first-order chi connectivity index (χ1) is 12.5. The van der Waals surface area contributed by atoms with Crippen molar-refractivity contribution >= 4 is 17.6 Å². The van der Waals surface area contributed by atoms with Crippen LogP contribution in [0.15, 0.2) is 42.5 Å². The van der Waals surface area contributed by atoms with Crippen molar-refractivity contribution in [1.82, 2.24) is 0 Å². The van der Waals surface area contributed by atoms with E-state index in [9.17, 15) is 9.59 Å². The van der Waals surface area contributed by atoms with Crippen molar-refractivity contribution in [2.75, 3.05) is 18.5 Å². The maximum atomic E-state index is 12.0. The fourth-order valence-electron chi connectivity index (χ4n) is 2.39. The largest absolute Gasteiger partial charge is 0.481 e. The van der Waals surface area contributed by atoms with Crippen LogP contribution in [0.4, 0.5) is 5.69 Å². The maximum Gasteiger partial charge on any atom is 0.344 e. The summed E-state index contributed by atoms with van der Waals surface area (Å²) in [5.41, 5.74) is 3.03.